The second kappa shape index (κ2) is 6.19. The monoisotopic (exact) mass is 284 g/mol. The Morgan fingerprint density at radius 3 is 2.10 bits per heavy atom. The Bertz CT molecular complexity index is 658. The molecule has 108 valence electrons. The molecule has 0 fully saturated rings. The average Bonchev–Trinajstić information content (AvgIpc) is 2.50. The normalized spacial score (nSPS) is 10.0. The molecule has 0 aliphatic carbocycles. The summed E-state index contributed by atoms with van der Waals surface area (Å²) in [5, 5.41) is 0. The third-order valence-corrected chi connectivity index (χ3v) is 3.06. The summed E-state index contributed by atoms with van der Waals surface area (Å²) in [4.78, 5) is 23.6. The molecule has 0 saturated heterocycles. The Morgan fingerprint density at radius 2 is 1.57 bits per heavy atom. The molecule has 5 heteroatoms. The van der Waals surface area contributed by atoms with Crippen LogP contribution in [-0.2, 0) is 0 Å². The Balaban J connectivity index is 2.29. The number of rotatable bonds is 3. The summed E-state index contributed by atoms with van der Waals surface area (Å²) in [6.07, 6.45) is 0. The Labute approximate surface area is 122 Å². The molecule has 0 atom stereocenters. The molecule has 2 aromatic carbocycles. The van der Waals surface area contributed by atoms with Gasteiger partial charge in [-0.2, -0.15) is 0 Å². The van der Waals surface area contributed by atoms with Gasteiger partial charge in [-0.3, -0.25) is 10.2 Å². The lowest BCUT2D eigenvalue weighted by Crippen LogP contribution is -2.30. The van der Waals surface area contributed by atoms with Crippen molar-refractivity contribution < 1.29 is 14.3 Å². The van der Waals surface area contributed by atoms with Gasteiger partial charge < -0.3 is 4.74 Å². The zero-order valence-corrected chi connectivity index (χ0v) is 11.8. The lowest BCUT2D eigenvalue weighted by molar-refractivity contribution is 0.0732. The molecule has 3 N–H and O–H groups in total. The van der Waals surface area contributed by atoms with Crippen LogP contribution in [0.4, 0.5) is 0 Å². The molecule has 0 aromatic heterocycles. The van der Waals surface area contributed by atoms with Crippen molar-refractivity contribution in [1.82, 2.24) is 5.43 Å². The van der Waals surface area contributed by atoms with E-state index in [-0.39, 0.29) is 5.91 Å². The predicted octanol–water partition coefficient (Wildman–Crippen LogP) is 2.13. The van der Waals surface area contributed by atoms with Gasteiger partial charge in [0, 0.05) is 5.56 Å². The van der Waals surface area contributed by atoms with Crippen molar-refractivity contribution in [3.63, 3.8) is 0 Å². The van der Waals surface area contributed by atoms with Gasteiger partial charge in [0.15, 0.2) is 0 Å². The van der Waals surface area contributed by atoms with Crippen LogP contribution < -0.4 is 16.0 Å². The van der Waals surface area contributed by atoms with Gasteiger partial charge in [-0.05, 0) is 49.2 Å². The predicted molar refractivity (Wildman–Crippen MR) is 79.0 cm³/mol. The SMILES string of the molecule is Cc1cc(C(=O)NN)cc(C)c1OC(=O)c1ccccc1. The summed E-state index contributed by atoms with van der Waals surface area (Å²) in [7, 11) is 0. The highest BCUT2D eigenvalue weighted by Crippen LogP contribution is 2.25. The number of benzene rings is 2. The summed E-state index contributed by atoms with van der Waals surface area (Å²) in [6.45, 7) is 3.54. The van der Waals surface area contributed by atoms with Gasteiger partial charge in [-0.15, -0.1) is 0 Å². The molecule has 2 rings (SSSR count). The molecule has 0 saturated carbocycles. The van der Waals surface area contributed by atoms with Crippen molar-refractivity contribution in [1.29, 1.82) is 0 Å². The van der Waals surface area contributed by atoms with Gasteiger partial charge >= 0.3 is 5.97 Å². The van der Waals surface area contributed by atoms with E-state index in [1.54, 1.807) is 50.2 Å². The number of nitrogens with two attached hydrogens (primary N) is 1. The number of hydrogen-bond acceptors (Lipinski definition) is 4. The molecule has 0 spiro atoms. The number of carbonyl (C=O) groups excluding carboxylic acids is 2. The van der Waals surface area contributed by atoms with E-state index in [0.717, 1.165) is 0 Å². The van der Waals surface area contributed by atoms with Crippen LogP contribution in [0.2, 0.25) is 0 Å². The summed E-state index contributed by atoms with van der Waals surface area (Å²) >= 11 is 0. The fourth-order valence-corrected chi connectivity index (χ4v) is 2.05. The largest absolute Gasteiger partial charge is 0.422 e. The van der Waals surface area contributed by atoms with Crippen LogP contribution in [0, 0.1) is 13.8 Å². The molecular formula is C16H16N2O3. The maximum Gasteiger partial charge on any atom is 0.343 e. The van der Waals surface area contributed by atoms with E-state index in [2.05, 4.69) is 5.43 Å². The van der Waals surface area contributed by atoms with Crippen LogP contribution in [0.25, 0.3) is 0 Å². The number of aryl methyl sites for hydroxylation is 2. The van der Waals surface area contributed by atoms with Crippen LogP contribution in [0.5, 0.6) is 5.75 Å². The molecular weight excluding hydrogens is 268 g/mol. The molecule has 5 nitrogen and oxygen atoms in total. The van der Waals surface area contributed by atoms with E-state index in [9.17, 15) is 9.59 Å². The van der Waals surface area contributed by atoms with E-state index < -0.39 is 5.97 Å². The number of nitrogens with one attached hydrogen (secondary N) is 1. The fourth-order valence-electron chi connectivity index (χ4n) is 2.05. The molecule has 0 bridgehead atoms. The highest BCUT2D eigenvalue weighted by Gasteiger charge is 2.15. The molecule has 1 amide bonds. The number of hydrogen-bond donors (Lipinski definition) is 2. The van der Waals surface area contributed by atoms with Crippen molar-refractivity contribution in [2.75, 3.05) is 0 Å². The van der Waals surface area contributed by atoms with Gasteiger partial charge in [0.2, 0.25) is 0 Å². The molecule has 0 radical (unpaired) electrons. The first-order valence-corrected chi connectivity index (χ1v) is 6.42. The molecule has 2 aromatic rings. The highest BCUT2D eigenvalue weighted by molar-refractivity contribution is 5.95. The molecule has 21 heavy (non-hydrogen) atoms. The summed E-state index contributed by atoms with van der Waals surface area (Å²) in [5.74, 6) is 4.75. The number of carbonyl (C=O) groups is 2. The van der Waals surface area contributed by atoms with E-state index in [4.69, 9.17) is 10.6 Å². The van der Waals surface area contributed by atoms with Crippen LogP contribution >= 0.6 is 0 Å². The number of nitrogen functional groups attached to an aromatic ring is 1. The van der Waals surface area contributed by atoms with Crippen molar-refractivity contribution in [2.24, 2.45) is 5.84 Å². The van der Waals surface area contributed by atoms with Gasteiger partial charge in [0.1, 0.15) is 5.75 Å². The summed E-state index contributed by atoms with van der Waals surface area (Å²) < 4.78 is 5.43. The van der Waals surface area contributed by atoms with Gasteiger partial charge in [-0.1, -0.05) is 18.2 Å². The molecule has 0 aliphatic rings. The summed E-state index contributed by atoms with van der Waals surface area (Å²) in [6, 6.07) is 12.0. The van der Waals surface area contributed by atoms with Crippen molar-refractivity contribution >= 4 is 11.9 Å². The summed E-state index contributed by atoms with van der Waals surface area (Å²) in [5.41, 5.74) is 4.36. The lowest BCUT2D eigenvalue weighted by Gasteiger charge is -2.12. The third kappa shape index (κ3) is 3.27. The standard InChI is InChI=1S/C16H16N2O3/c1-10-8-13(15(19)18-17)9-11(2)14(10)21-16(20)12-6-4-3-5-7-12/h3-9H,17H2,1-2H3,(H,18,19). The molecule has 0 aliphatic heterocycles. The second-order valence-corrected chi connectivity index (χ2v) is 4.67. The lowest BCUT2D eigenvalue weighted by atomic mass is 10.1. The smallest absolute Gasteiger partial charge is 0.343 e. The first kappa shape index (κ1) is 14.7. The quantitative estimate of drug-likeness (QED) is 0.297. The van der Waals surface area contributed by atoms with Crippen molar-refractivity contribution in [3.05, 3.63) is 64.7 Å². The highest BCUT2D eigenvalue weighted by atomic mass is 16.5. The first-order valence-electron chi connectivity index (χ1n) is 6.42. The minimum Gasteiger partial charge on any atom is -0.422 e. The van der Waals surface area contributed by atoms with Crippen molar-refractivity contribution in [2.45, 2.75) is 13.8 Å². The zero-order chi connectivity index (χ0) is 15.4. The van der Waals surface area contributed by atoms with Crippen LogP contribution in [0.1, 0.15) is 31.8 Å². The van der Waals surface area contributed by atoms with Crippen LogP contribution in [-0.4, -0.2) is 11.9 Å². The van der Waals surface area contributed by atoms with Gasteiger partial charge in [0.05, 0.1) is 5.56 Å². The topological polar surface area (TPSA) is 81.4 Å². The second-order valence-electron chi connectivity index (χ2n) is 4.67. The number of hydrazine groups is 1. The van der Waals surface area contributed by atoms with Gasteiger partial charge in [0.25, 0.3) is 5.91 Å². The minimum atomic E-state index is -0.433. The Morgan fingerprint density at radius 1 is 1.00 bits per heavy atom. The fraction of sp³-hybridized carbons (Fsp3) is 0.125. The average molecular weight is 284 g/mol. The Hall–Kier alpha value is -2.66. The zero-order valence-electron chi connectivity index (χ0n) is 11.8. The first-order chi connectivity index (χ1) is 10.0. The van der Waals surface area contributed by atoms with E-state index in [0.29, 0.717) is 28.0 Å². The Kier molecular flexibility index (Phi) is 4.35. The number of esters is 1. The molecule has 0 heterocycles. The minimum absolute atomic E-state index is 0.387. The molecule has 0 unspecified atom stereocenters. The van der Waals surface area contributed by atoms with Crippen LogP contribution in [0.15, 0.2) is 42.5 Å². The maximum absolute atomic E-state index is 12.1. The number of ether oxygens (including phenoxy) is 1. The van der Waals surface area contributed by atoms with E-state index in [1.165, 1.54) is 0 Å². The third-order valence-electron chi connectivity index (χ3n) is 3.06. The van der Waals surface area contributed by atoms with E-state index >= 15 is 0 Å². The van der Waals surface area contributed by atoms with Crippen LogP contribution in [0.3, 0.4) is 0 Å². The maximum atomic E-state index is 12.1. The van der Waals surface area contributed by atoms with Crippen molar-refractivity contribution in [3.8, 4) is 5.75 Å². The number of amides is 1. The van der Waals surface area contributed by atoms with E-state index in [1.807, 2.05) is 6.07 Å². The van der Waals surface area contributed by atoms with Gasteiger partial charge in [-0.25, -0.2) is 10.6 Å².